The normalized spacial score (nSPS) is 16.0. The maximum Gasteiger partial charge on any atom is 0.297 e. The summed E-state index contributed by atoms with van der Waals surface area (Å²) in [4.78, 5) is 27.7. The second kappa shape index (κ2) is 6.07. The fourth-order valence-corrected chi connectivity index (χ4v) is 4.21. The lowest BCUT2D eigenvalue weighted by Crippen LogP contribution is -2.30. The first-order valence-corrected chi connectivity index (χ1v) is 9.31. The van der Waals surface area contributed by atoms with Crippen LogP contribution in [0.4, 0.5) is 9.52 Å². The van der Waals surface area contributed by atoms with Crippen molar-refractivity contribution in [2.24, 2.45) is 0 Å². The molecule has 0 bridgehead atoms. The third-order valence-electron chi connectivity index (χ3n) is 4.70. The van der Waals surface area contributed by atoms with Crippen LogP contribution in [0.1, 0.15) is 32.7 Å². The van der Waals surface area contributed by atoms with Crippen molar-refractivity contribution >= 4 is 33.3 Å². The molecule has 0 saturated heterocycles. The molecule has 1 amide bonds. The first-order valence-electron chi connectivity index (χ1n) is 8.50. The summed E-state index contributed by atoms with van der Waals surface area (Å²) in [5.74, 6) is -1.15. The quantitative estimate of drug-likeness (QED) is 0.517. The van der Waals surface area contributed by atoms with Gasteiger partial charge in [0.1, 0.15) is 22.4 Å². The second-order valence-corrected chi connectivity index (χ2v) is 7.53. The monoisotopic (exact) mass is 393 g/mol. The first-order chi connectivity index (χ1) is 13.6. The third-order valence-corrected chi connectivity index (χ3v) is 5.54. The highest BCUT2D eigenvalue weighted by molar-refractivity contribution is 7.15. The maximum absolute atomic E-state index is 14.7. The van der Waals surface area contributed by atoms with Crippen molar-refractivity contribution in [1.29, 1.82) is 0 Å². The van der Waals surface area contributed by atoms with E-state index in [0.717, 1.165) is 0 Å². The van der Waals surface area contributed by atoms with Crippen LogP contribution in [0.25, 0.3) is 11.0 Å². The van der Waals surface area contributed by atoms with E-state index in [0.29, 0.717) is 16.0 Å². The molecule has 4 aromatic rings. The number of nitrogens with zero attached hydrogens (tertiary/aromatic N) is 3. The Morgan fingerprint density at radius 2 is 1.82 bits per heavy atom. The van der Waals surface area contributed by atoms with Crippen LogP contribution in [0.5, 0.6) is 0 Å². The molecule has 0 aliphatic carbocycles. The van der Waals surface area contributed by atoms with Gasteiger partial charge in [-0.1, -0.05) is 41.7 Å². The highest BCUT2D eigenvalue weighted by atomic mass is 32.1. The fourth-order valence-electron chi connectivity index (χ4n) is 3.49. The largest absolute Gasteiger partial charge is 0.450 e. The number of aryl methyl sites for hydroxylation is 1. The third kappa shape index (κ3) is 2.31. The molecule has 1 aliphatic rings. The molecule has 6 nitrogen and oxygen atoms in total. The van der Waals surface area contributed by atoms with E-state index in [2.05, 4.69) is 10.2 Å². The van der Waals surface area contributed by atoms with E-state index in [9.17, 15) is 14.0 Å². The molecule has 5 rings (SSSR count). The number of amides is 1. The van der Waals surface area contributed by atoms with Crippen LogP contribution in [0, 0.1) is 12.7 Å². The summed E-state index contributed by atoms with van der Waals surface area (Å²) >= 11 is 1.19. The van der Waals surface area contributed by atoms with Crippen LogP contribution in [0.3, 0.4) is 0 Å². The van der Waals surface area contributed by atoms with Crippen molar-refractivity contribution in [1.82, 2.24) is 10.2 Å². The Kier molecular flexibility index (Phi) is 3.63. The minimum absolute atomic E-state index is 0.0928. The molecule has 1 aliphatic heterocycles. The molecule has 0 spiro atoms. The molecule has 0 radical (unpaired) electrons. The highest BCUT2D eigenvalue weighted by Gasteiger charge is 2.45. The lowest BCUT2D eigenvalue weighted by atomic mass is 9.98. The first kappa shape index (κ1) is 16.8. The van der Waals surface area contributed by atoms with Gasteiger partial charge in [0.05, 0.1) is 10.9 Å². The van der Waals surface area contributed by atoms with Gasteiger partial charge >= 0.3 is 0 Å². The van der Waals surface area contributed by atoms with Gasteiger partial charge in [0, 0.05) is 5.56 Å². The van der Waals surface area contributed by atoms with E-state index < -0.39 is 17.8 Å². The number of fused-ring (bicyclic) bond motifs is 2. The van der Waals surface area contributed by atoms with Gasteiger partial charge in [0.15, 0.2) is 5.43 Å². The molecule has 2 aromatic heterocycles. The smallest absolute Gasteiger partial charge is 0.297 e. The molecule has 2 aromatic carbocycles. The summed E-state index contributed by atoms with van der Waals surface area (Å²) < 4.78 is 20.5. The minimum Gasteiger partial charge on any atom is -0.450 e. The van der Waals surface area contributed by atoms with Gasteiger partial charge in [-0.25, -0.2) is 4.39 Å². The molecule has 3 heterocycles. The number of benzene rings is 2. The van der Waals surface area contributed by atoms with E-state index in [-0.39, 0.29) is 27.4 Å². The van der Waals surface area contributed by atoms with Crippen LogP contribution >= 0.6 is 11.3 Å². The van der Waals surface area contributed by atoms with Gasteiger partial charge in [-0.2, -0.15) is 0 Å². The van der Waals surface area contributed by atoms with E-state index >= 15 is 0 Å². The van der Waals surface area contributed by atoms with E-state index in [1.165, 1.54) is 22.3 Å². The van der Waals surface area contributed by atoms with Crippen LogP contribution in [0.15, 0.2) is 57.7 Å². The average Bonchev–Trinajstić information content (AvgIpc) is 3.24. The van der Waals surface area contributed by atoms with Crippen LogP contribution in [-0.2, 0) is 0 Å². The second-order valence-electron chi connectivity index (χ2n) is 6.37. The zero-order chi connectivity index (χ0) is 19.4. The zero-order valence-corrected chi connectivity index (χ0v) is 15.4. The molecular weight excluding hydrogens is 381 g/mol. The Morgan fingerprint density at radius 3 is 2.57 bits per heavy atom. The average molecular weight is 393 g/mol. The number of hydrogen-bond donors (Lipinski definition) is 0. The van der Waals surface area contributed by atoms with Crippen LogP contribution in [0.2, 0.25) is 0 Å². The molecule has 28 heavy (non-hydrogen) atoms. The standard InChI is InChI=1S/C20H12FN3O3S/c1-10-22-23-20(28-10)24-16(11-6-2-4-8-13(11)21)15-17(25)12-7-3-5-9-14(12)27-18(15)19(24)26/h2-9,16H,1H3/t16-/m0/s1. The molecule has 8 heteroatoms. The molecular formula is C20H12FN3O3S. The van der Waals surface area contributed by atoms with Crippen LogP contribution in [-0.4, -0.2) is 16.1 Å². The number of halogens is 1. The Hall–Kier alpha value is -3.39. The van der Waals surface area contributed by atoms with Crippen LogP contribution < -0.4 is 10.3 Å². The predicted octanol–water partition coefficient (Wildman–Crippen LogP) is 3.84. The number of aromatic nitrogens is 2. The number of hydrogen-bond acceptors (Lipinski definition) is 6. The summed E-state index contributed by atoms with van der Waals surface area (Å²) in [5.41, 5.74) is 0.260. The SMILES string of the molecule is Cc1nnc(N2C(=O)c3oc4ccccc4c(=O)c3[C@@H]2c2ccccc2F)s1. The van der Waals surface area contributed by atoms with E-state index in [1.54, 1.807) is 49.4 Å². The molecule has 138 valence electrons. The van der Waals surface area contributed by atoms with E-state index in [4.69, 9.17) is 4.42 Å². The topological polar surface area (TPSA) is 76.3 Å². The number of rotatable bonds is 2. The van der Waals surface area contributed by atoms with Crippen molar-refractivity contribution in [3.05, 3.63) is 86.5 Å². The summed E-state index contributed by atoms with van der Waals surface area (Å²) in [7, 11) is 0. The number of para-hydroxylation sites is 1. The summed E-state index contributed by atoms with van der Waals surface area (Å²) in [6.07, 6.45) is 0. The number of anilines is 1. The van der Waals surface area contributed by atoms with Gasteiger partial charge in [-0.05, 0) is 25.1 Å². The van der Waals surface area contributed by atoms with Gasteiger partial charge in [-0.3, -0.25) is 14.5 Å². The maximum atomic E-state index is 14.7. The molecule has 0 unspecified atom stereocenters. The molecule has 0 fully saturated rings. The predicted molar refractivity (Wildman–Crippen MR) is 102 cm³/mol. The molecule has 1 atom stereocenters. The van der Waals surface area contributed by atoms with Crippen molar-refractivity contribution in [2.45, 2.75) is 13.0 Å². The van der Waals surface area contributed by atoms with Gasteiger partial charge < -0.3 is 4.42 Å². The van der Waals surface area contributed by atoms with Crippen molar-refractivity contribution in [2.75, 3.05) is 4.90 Å². The Bertz CT molecular complexity index is 1310. The Labute approximate surface area is 161 Å². The summed E-state index contributed by atoms with van der Waals surface area (Å²) in [6.45, 7) is 1.75. The van der Waals surface area contributed by atoms with Gasteiger partial charge in [0.2, 0.25) is 10.9 Å². The van der Waals surface area contributed by atoms with E-state index in [1.807, 2.05) is 0 Å². The lowest BCUT2D eigenvalue weighted by Gasteiger charge is -2.22. The van der Waals surface area contributed by atoms with Crippen molar-refractivity contribution < 1.29 is 13.6 Å². The zero-order valence-electron chi connectivity index (χ0n) is 14.5. The number of carbonyl (C=O) groups excluding carboxylic acids is 1. The van der Waals surface area contributed by atoms with Crippen molar-refractivity contribution in [3.8, 4) is 0 Å². The highest BCUT2D eigenvalue weighted by Crippen LogP contribution is 2.42. The molecule has 0 N–H and O–H groups in total. The fraction of sp³-hybridized carbons (Fsp3) is 0.100. The Morgan fingerprint density at radius 1 is 1.07 bits per heavy atom. The summed E-state index contributed by atoms with van der Waals surface area (Å²) in [6, 6.07) is 11.8. The van der Waals surface area contributed by atoms with Gasteiger partial charge in [0.25, 0.3) is 5.91 Å². The Balaban J connectivity index is 1.86. The van der Waals surface area contributed by atoms with Crippen molar-refractivity contribution in [3.63, 3.8) is 0 Å². The minimum atomic E-state index is -0.975. The summed E-state index contributed by atoms with van der Waals surface area (Å²) in [5, 5.41) is 9.27. The van der Waals surface area contributed by atoms with Gasteiger partial charge in [-0.15, -0.1) is 10.2 Å². The molecule has 0 saturated carbocycles. The lowest BCUT2D eigenvalue weighted by molar-refractivity contribution is 0.0970. The number of carbonyl (C=O) groups is 1.